The second-order valence-electron chi connectivity index (χ2n) is 9.26. The van der Waals surface area contributed by atoms with Gasteiger partial charge in [0, 0.05) is 29.4 Å². The molecule has 1 saturated heterocycles. The predicted molar refractivity (Wildman–Crippen MR) is 135 cm³/mol. The molecular formula is C25H28N6O3S. The highest BCUT2D eigenvalue weighted by atomic mass is 32.1. The number of aromatic nitrogens is 4. The van der Waals surface area contributed by atoms with Crippen LogP contribution in [0.3, 0.4) is 0 Å². The number of hydrogen-bond donors (Lipinski definition) is 2. The van der Waals surface area contributed by atoms with Crippen LogP contribution in [-0.2, 0) is 22.4 Å². The molecule has 1 aliphatic carbocycles. The fourth-order valence-electron chi connectivity index (χ4n) is 5.40. The second kappa shape index (κ2) is 8.76. The van der Waals surface area contributed by atoms with E-state index in [2.05, 4.69) is 32.4 Å². The molecule has 0 spiro atoms. The van der Waals surface area contributed by atoms with E-state index in [-0.39, 0.29) is 11.3 Å². The molecule has 35 heavy (non-hydrogen) atoms. The maximum Gasteiger partial charge on any atom is 0.229 e. The van der Waals surface area contributed by atoms with E-state index in [9.17, 15) is 4.79 Å². The summed E-state index contributed by atoms with van der Waals surface area (Å²) in [6.07, 6.45) is 6.63. The van der Waals surface area contributed by atoms with E-state index in [1.807, 2.05) is 17.0 Å². The standard InChI is InChI=1S/C25H28N6O3S/c1-3-25(24(32)31-6-8-34-9-7-31)5-4-16-20(12-25)35-23-21(16)22(26-14-27-23)29-18-10-15-13-28-30-17(15)11-19(18)33-2/h10-11,13-14H,3-9,12H2,1-2H3,(H,28,30)(H,26,27,29). The first-order valence-electron chi connectivity index (χ1n) is 12.0. The zero-order chi connectivity index (χ0) is 24.0. The molecule has 2 aliphatic rings. The van der Waals surface area contributed by atoms with Crippen molar-refractivity contribution in [2.45, 2.75) is 32.6 Å². The summed E-state index contributed by atoms with van der Waals surface area (Å²) in [6.45, 7) is 4.75. The molecule has 1 unspecified atom stereocenters. The first kappa shape index (κ1) is 22.2. The van der Waals surface area contributed by atoms with Gasteiger partial charge in [0.05, 0.1) is 48.5 Å². The Morgan fingerprint density at radius 1 is 1.31 bits per heavy atom. The largest absolute Gasteiger partial charge is 0.494 e. The molecule has 3 aromatic heterocycles. The quantitative estimate of drug-likeness (QED) is 0.433. The van der Waals surface area contributed by atoms with Gasteiger partial charge >= 0.3 is 0 Å². The monoisotopic (exact) mass is 492 g/mol. The number of nitrogens with one attached hydrogen (secondary N) is 2. The van der Waals surface area contributed by atoms with Gasteiger partial charge in [0.1, 0.15) is 22.7 Å². The SMILES string of the molecule is CCC1(C(=O)N2CCOCC2)CCc2c(sc3ncnc(Nc4cc5cn[nH]c5cc4OC)c23)C1. The summed E-state index contributed by atoms with van der Waals surface area (Å²) in [6, 6.07) is 3.94. The summed E-state index contributed by atoms with van der Waals surface area (Å²) in [5, 5.41) is 12.6. The number of aryl methyl sites for hydroxylation is 1. The van der Waals surface area contributed by atoms with Crippen molar-refractivity contribution in [3.8, 4) is 5.75 Å². The van der Waals surface area contributed by atoms with Gasteiger partial charge in [-0.3, -0.25) is 9.89 Å². The number of carbonyl (C=O) groups is 1. The van der Waals surface area contributed by atoms with Crippen molar-refractivity contribution < 1.29 is 14.3 Å². The van der Waals surface area contributed by atoms with Crippen LogP contribution in [0.4, 0.5) is 11.5 Å². The van der Waals surface area contributed by atoms with Crippen LogP contribution in [0.1, 0.15) is 30.2 Å². The third-order valence-corrected chi connectivity index (χ3v) is 8.61. The second-order valence-corrected chi connectivity index (χ2v) is 10.3. The summed E-state index contributed by atoms with van der Waals surface area (Å²) >= 11 is 1.69. The van der Waals surface area contributed by atoms with Gasteiger partial charge in [0.15, 0.2) is 0 Å². The molecule has 182 valence electrons. The highest BCUT2D eigenvalue weighted by Crippen LogP contribution is 2.47. The number of H-pyrrole nitrogens is 1. The van der Waals surface area contributed by atoms with Crippen LogP contribution in [0.5, 0.6) is 5.75 Å². The van der Waals surface area contributed by atoms with Crippen LogP contribution in [0.15, 0.2) is 24.7 Å². The van der Waals surface area contributed by atoms with Crippen LogP contribution in [0.2, 0.25) is 0 Å². The summed E-state index contributed by atoms with van der Waals surface area (Å²) in [5.74, 6) is 1.74. The molecule has 1 aromatic carbocycles. The Morgan fingerprint density at radius 3 is 2.97 bits per heavy atom. The minimum Gasteiger partial charge on any atom is -0.494 e. The highest BCUT2D eigenvalue weighted by molar-refractivity contribution is 7.19. The first-order chi connectivity index (χ1) is 17.1. The number of aromatic amines is 1. The third kappa shape index (κ3) is 3.71. The van der Waals surface area contributed by atoms with Crippen LogP contribution in [-0.4, -0.2) is 64.4 Å². The number of ether oxygens (including phenoxy) is 2. The Hall–Kier alpha value is -3.24. The number of thiophene rings is 1. The van der Waals surface area contributed by atoms with Crippen molar-refractivity contribution in [2.24, 2.45) is 5.41 Å². The number of amides is 1. The van der Waals surface area contributed by atoms with E-state index in [0.717, 1.165) is 58.3 Å². The Bertz CT molecular complexity index is 1410. The molecule has 1 fully saturated rings. The summed E-state index contributed by atoms with van der Waals surface area (Å²) < 4.78 is 11.1. The number of benzene rings is 1. The molecule has 0 radical (unpaired) electrons. The number of nitrogens with zero attached hydrogens (tertiary/aromatic N) is 4. The molecule has 10 heteroatoms. The molecular weight excluding hydrogens is 464 g/mol. The van der Waals surface area contributed by atoms with Crippen molar-refractivity contribution >= 4 is 49.9 Å². The number of carbonyl (C=O) groups excluding carboxylic acids is 1. The van der Waals surface area contributed by atoms with Crippen LogP contribution in [0, 0.1) is 5.41 Å². The lowest BCUT2D eigenvalue weighted by molar-refractivity contribution is -0.147. The van der Waals surface area contributed by atoms with E-state index in [1.54, 1.807) is 31.0 Å². The summed E-state index contributed by atoms with van der Waals surface area (Å²) in [5.41, 5.74) is 2.63. The molecule has 2 N–H and O–H groups in total. The molecule has 9 nitrogen and oxygen atoms in total. The Morgan fingerprint density at radius 2 is 2.17 bits per heavy atom. The minimum absolute atomic E-state index is 0.272. The van der Waals surface area contributed by atoms with E-state index in [4.69, 9.17) is 9.47 Å². The number of fused-ring (bicyclic) bond motifs is 4. The molecule has 1 aliphatic heterocycles. The molecule has 1 amide bonds. The molecule has 4 heterocycles. The van der Waals surface area contributed by atoms with Crippen LogP contribution in [0.25, 0.3) is 21.1 Å². The highest BCUT2D eigenvalue weighted by Gasteiger charge is 2.44. The van der Waals surface area contributed by atoms with Crippen molar-refractivity contribution in [1.82, 2.24) is 25.1 Å². The van der Waals surface area contributed by atoms with Crippen molar-refractivity contribution in [3.05, 3.63) is 35.1 Å². The fraction of sp³-hybridized carbons (Fsp3) is 0.440. The normalized spacial score (nSPS) is 20.2. The van der Waals surface area contributed by atoms with E-state index in [0.29, 0.717) is 32.1 Å². The topological polar surface area (TPSA) is 105 Å². The lowest BCUT2D eigenvalue weighted by Gasteiger charge is -2.40. The van der Waals surface area contributed by atoms with Gasteiger partial charge < -0.3 is 19.7 Å². The van der Waals surface area contributed by atoms with Crippen LogP contribution < -0.4 is 10.1 Å². The molecule has 6 rings (SSSR count). The average Bonchev–Trinajstić information content (AvgIpc) is 3.51. The average molecular weight is 493 g/mol. The number of methoxy groups -OCH3 is 1. The van der Waals surface area contributed by atoms with Gasteiger partial charge in [-0.25, -0.2) is 9.97 Å². The first-order valence-corrected chi connectivity index (χ1v) is 12.8. The fourth-order valence-corrected chi connectivity index (χ4v) is 6.73. The van der Waals surface area contributed by atoms with Crippen molar-refractivity contribution in [2.75, 3.05) is 38.7 Å². The Labute approximate surface area is 206 Å². The molecule has 4 aromatic rings. The number of rotatable bonds is 5. The Balaban J connectivity index is 1.36. The molecule has 0 saturated carbocycles. The van der Waals surface area contributed by atoms with Gasteiger partial charge in [-0.1, -0.05) is 6.92 Å². The number of hydrogen-bond acceptors (Lipinski definition) is 8. The molecule has 0 bridgehead atoms. The predicted octanol–water partition coefficient (Wildman–Crippen LogP) is 4.06. The Kier molecular flexibility index (Phi) is 5.57. The van der Waals surface area contributed by atoms with E-state index < -0.39 is 0 Å². The van der Waals surface area contributed by atoms with Crippen molar-refractivity contribution in [3.63, 3.8) is 0 Å². The summed E-state index contributed by atoms with van der Waals surface area (Å²) in [4.78, 5) is 27.0. The number of anilines is 2. The third-order valence-electron chi connectivity index (χ3n) is 7.47. The van der Waals surface area contributed by atoms with E-state index >= 15 is 0 Å². The van der Waals surface area contributed by atoms with Gasteiger partial charge in [-0.05, 0) is 37.3 Å². The minimum atomic E-state index is -0.359. The van der Waals surface area contributed by atoms with Gasteiger partial charge in [-0.15, -0.1) is 11.3 Å². The van der Waals surface area contributed by atoms with Crippen LogP contribution >= 0.6 is 11.3 Å². The zero-order valence-corrected chi connectivity index (χ0v) is 20.7. The smallest absolute Gasteiger partial charge is 0.229 e. The van der Waals surface area contributed by atoms with Gasteiger partial charge in [-0.2, -0.15) is 5.10 Å². The lowest BCUT2D eigenvalue weighted by atomic mass is 9.71. The lowest BCUT2D eigenvalue weighted by Crippen LogP contribution is -2.50. The van der Waals surface area contributed by atoms with E-state index in [1.165, 1.54) is 10.4 Å². The van der Waals surface area contributed by atoms with Gasteiger partial charge in [0.2, 0.25) is 5.91 Å². The summed E-state index contributed by atoms with van der Waals surface area (Å²) in [7, 11) is 1.65. The maximum absolute atomic E-state index is 13.6. The van der Waals surface area contributed by atoms with Crippen molar-refractivity contribution in [1.29, 1.82) is 0 Å². The molecule has 1 atom stereocenters. The number of morpholine rings is 1. The van der Waals surface area contributed by atoms with Gasteiger partial charge in [0.25, 0.3) is 0 Å². The zero-order valence-electron chi connectivity index (χ0n) is 19.9. The maximum atomic E-state index is 13.6.